The number of aliphatic carboxylic acids is 2. The Morgan fingerprint density at radius 2 is 1.79 bits per heavy atom. The molecule has 0 atom stereocenters. The first-order chi connectivity index (χ1) is 12.7. The van der Waals surface area contributed by atoms with Gasteiger partial charge in [-0.2, -0.15) is 13.2 Å². The predicted molar refractivity (Wildman–Crippen MR) is 83.9 cm³/mol. The van der Waals surface area contributed by atoms with Crippen molar-refractivity contribution in [3.8, 4) is 0 Å². The number of carbonyl (C=O) groups excluding carboxylic acids is 2. The third-order valence-corrected chi connectivity index (χ3v) is 2.97. The molecular formula is C15H19F3N3O7+. The Bertz CT molecular complexity index is 719. The maximum Gasteiger partial charge on any atom is 0.490 e. The fourth-order valence-electron chi connectivity index (χ4n) is 1.39. The highest BCUT2D eigenvalue weighted by Gasteiger charge is 2.40. The molecule has 1 aromatic rings. The van der Waals surface area contributed by atoms with E-state index in [9.17, 15) is 32.3 Å². The molecule has 0 aliphatic heterocycles. The second-order valence-electron chi connectivity index (χ2n) is 5.70. The van der Waals surface area contributed by atoms with Gasteiger partial charge in [0.2, 0.25) is 0 Å². The minimum absolute atomic E-state index is 0.0742. The van der Waals surface area contributed by atoms with Gasteiger partial charge < -0.3 is 20.3 Å². The third-order valence-electron chi connectivity index (χ3n) is 2.97. The van der Waals surface area contributed by atoms with Crippen LogP contribution in [-0.4, -0.2) is 58.0 Å². The molecule has 0 unspecified atom stereocenters. The number of ether oxygens (including phenoxy) is 1. The number of amides is 1. The van der Waals surface area contributed by atoms with Crippen molar-refractivity contribution < 1.29 is 52.0 Å². The molecule has 0 aliphatic carbocycles. The van der Waals surface area contributed by atoms with Gasteiger partial charge in [0.1, 0.15) is 18.2 Å². The lowest BCUT2D eigenvalue weighted by atomic mass is 10.1. The van der Waals surface area contributed by atoms with E-state index in [1.165, 1.54) is 37.0 Å². The number of carboxylic acid groups (broad SMARTS) is 2. The number of halogens is 3. The summed E-state index contributed by atoms with van der Waals surface area (Å²) in [5.74, 6) is -4.82. The summed E-state index contributed by atoms with van der Waals surface area (Å²) in [5, 5.41) is 23.7. The fourth-order valence-corrected chi connectivity index (χ4v) is 1.39. The van der Waals surface area contributed by atoms with Crippen LogP contribution < -0.4 is 10.00 Å². The van der Waals surface area contributed by atoms with E-state index in [0.29, 0.717) is 7.11 Å². The van der Waals surface area contributed by atoms with Gasteiger partial charge in [-0.15, -0.1) is 0 Å². The number of aryl methyl sites for hydroxylation is 1. The van der Waals surface area contributed by atoms with Gasteiger partial charge >= 0.3 is 24.1 Å². The van der Waals surface area contributed by atoms with Gasteiger partial charge in [-0.3, -0.25) is 9.59 Å². The highest BCUT2D eigenvalue weighted by molar-refractivity contribution is 5.97. The lowest BCUT2D eigenvalue weighted by Gasteiger charge is -2.20. The normalized spacial score (nSPS) is 10.9. The van der Waals surface area contributed by atoms with Gasteiger partial charge in [-0.1, -0.05) is 4.68 Å². The Balaban J connectivity index is 0.000000769. The summed E-state index contributed by atoms with van der Waals surface area (Å²) in [7, 11) is 0.676. The van der Waals surface area contributed by atoms with E-state index in [4.69, 9.17) is 10.2 Å². The topological polar surface area (TPSA) is 147 Å². The molecule has 28 heavy (non-hydrogen) atoms. The molecule has 10 nitrogen and oxygen atoms in total. The molecule has 0 fully saturated rings. The first kappa shape index (κ1) is 24.8. The zero-order valence-corrected chi connectivity index (χ0v) is 15.1. The third kappa shape index (κ3) is 8.91. The standard InChI is InChI=1S/C12H15N3O5.C3H3F3O2/c1-12(2,11(19)20)14-10(18)8-3-5-15(13-7-8)6-4-9(16)17;1-8-2(7)3(4,5)6/h3,5,7H,4,6H2,1-2H3,(H2-,14,16,17,18,19,20);1H3/p+1. The van der Waals surface area contributed by atoms with E-state index in [2.05, 4.69) is 15.2 Å². The van der Waals surface area contributed by atoms with Crippen LogP contribution in [0.3, 0.4) is 0 Å². The summed E-state index contributed by atoms with van der Waals surface area (Å²) >= 11 is 0. The number of hydrogen-bond acceptors (Lipinski definition) is 6. The van der Waals surface area contributed by atoms with Gasteiger partial charge in [0.05, 0.1) is 12.7 Å². The molecule has 0 saturated carbocycles. The number of carbonyl (C=O) groups is 4. The van der Waals surface area contributed by atoms with Crippen molar-refractivity contribution in [2.45, 2.75) is 38.5 Å². The molecule has 0 bridgehead atoms. The van der Waals surface area contributed by atoms with Crippen molar-refractivity contribution in [2.75, 3.05) is 7.11 Å². The molecular weight excluding hydrogens is 391 g/mol. The van der Waals surface area contributed by atoms with Crippen molar-refractivity contribution >= 4 is 23.8 Å². The quantitative estimate of drug-likeness (QED) is 0.444. The molecule has 0 aliphatic rings. The molecule has 1 aromatic heterocycles. The van der Waals surface area contributed by atoms with Crippen LogP contribution in [0.2, 0.25) is 0 Å². The number of hydrogen-bond donors (Lipinski definition) is 3. The van der Waals surface area contributed by atoms with Gasteiger partial charge in [0.25, 0.3) is 5.91 Å². The number of rotatable bonds is 6. The molecule has 1 amide bonds. The molecule has 0 saturated heterocycles. The van der Waals surface area contributed by atoms with Crippen molar-refractivity contribution in [1.82, 2.24) is 10.4 Å². The number of nitrogens with zero attached hydrogens (tertiary/aromatic N) is 2. The van der Waals surface area contributed by atoms with Crippen LogP contribution in [0.15, 0.2) is 18.5 Å². The van der Waals surface area contributed by atoms with E-state index in [1.807, 2.05) is 0 Å². The van der Waals surface area contributed by atoms with Gasteiger partial charge in [-0.25, -0.2) is 9.59 Å². The van der Waals surface area contributed by atoms with E-state index in [1.54, 1.807) is 0 Å². The van der Waals surface area contributed by atoms with Crippen LogP contribution in [0.1, 0.15) is 30.6 Å². The predicted octanol–water partition coefficient (Wildman–Crippen LogP) is 0.159. The fraction of sp³-hybridized carbons (Fsp3) is 0.467. The van der Waals surface area contributed by atoms with Crippen LogP contribution in [0.4, 0.5) is 13.2 Å². The van der Waals surface area contributed by atoms with Crippen molar-refractivity contribution in [3.63, 3.8) is 0 Å². The summed E-state index contributed by atoms with van der Waals surface area (Å²) in [5.41, 5.74) is -1.18. The van der Waals surface area contributed by atoms with Gasteiger partial charge in [0.15, 0.2) is 12.7 Å². The average molecular weight is 410 g/mol. The maximum absolute atomic E-state index is 11.8. The lowest BCUT2D eigenvalue weighted by Crippen LogP contribution is -2.50. The second kappa shape index (κ2) is 10.2. The minimum atomic E-state index is -4.85. The molecule has 1 heterocycles. The first-order valence-electron chi connectivity index (χ1n) is 7.49. The Morgan fingerprint density at radius 1 is 1.21 bits per heavy atom. The van der Waals surface area contributed by atoms with Gasteiger partial charge in [-0.05, 0) is 18.9 Å². The van der Waals surface area contributed by atoms with E-state index in [0.717, 1.165) is 0 Å². The lowest BCUT2D eigenvalue weighted by molar-refractivity contribution is -0.753. The van der Waals surface area contributed by atoms with E-state index >= 15 is 0 Å². The Kier molecular flexibility index (Phi) is 9.00. The van der Waals surface area contributed by atoms with E-state index in [-0.39, 0.29) is 18.5 Å². The Hall–Kier alpha value is -3.25. The molecule has 156 valence electrons. The zero-order chi connectivity index (χ0) is 22.1. The maximum atomic E-state index is 11.8. The largest absolute Gasteiger partial charge is 0.490 e. The summed E-state index contributed by atoms with van der Waals surface area (Å²) in [4.78, 5) is 42.6. The number of alkyl halides is 3. The molecule has 0 aromatic carbocycles. The highest BCUT2D eigenvalue weighted by atomic mass is 19.4. The molecule has 0 spiro atoms. The summed E-state index contributed by atoms with van der Waals surface area (Å²) in [6, 6.07) is 1.45. The second-order valence-corrected chi connectivity index (χ2v) is 5.70. The van der Waals surface area contributed by atoms with Crippen molar-refractivity contribution in [2.24, 2.45) is 0 Å². The van der Waals surface area contributed by atoms with E-state index < -0.39 is 35.5 Å². The number of carboxylic acids is 2. The zero-order valence-electron chi connectivity index (χ0n) is 15.1. The number of aromatic nitrogens is 2. The van der Waals surface area contributed by atoms with Crippen LogP contribution >= 0.6 is 0 Å². The smallest absolute Gasteiger partial charge is 0.481 e. The highest BCUT2D eigenvalue weighted by Crippen LogP contribution is 2.15. The number of esters is 1. The summed E-state index contributed by atoms with van der Waals surface area (Å²) in [6.45, 7) is 2.94. The van der Waals surface area contributed by atoms with Crippen molar-refractivity contribution in [3.05, 3.63) is 24.0 Å². The monoisotopic (exact) mass is 410 g/mol. The van der Waals surface area contributed by atoms with Crippen LogP contribution in [0, 0.1) is 0 Å². The molecule has 0 radical (unpaired) electrons. The molecule has 13 heteroatoms. The number of nitrogens with one attached hydrogen (secondary N) is 1. The van der Waals surface area contributed by atoms with Crippen LogP contribution in [-0.2, 0) is 25.7 Å². The first-order valence-corrected chi connectivity index (χ1v) is 7.49. The Morgan fingerprint density at radius 3 is 2.11 bits per heavy atom. The molecule has 3 N–H and O–H groups in total. The summed E-state index contributed by atoms with van der Waals surface area (Å²) < 4.78 is 37.7. The van der Waals surface area contributed by atoms with Crippen LogP contribution in [0.25, 0.3) is 0 Å². The van der Waals surface area contributed by atoms with Crippen LogP contribution in [0.5, 0.6) is 0 Å². The minimum Gasteiger partial charge on any atom is -0.481 e. The van der Waals surface area contributed by atoms with Crippen molar-refractivity contribution in [1.29, 1.82) is 0 Å². The number of methoxy groups -OCH3 is 1. The van der Waals surface area contributed by atoms with Gasteiger partial charge in [0, 0.05) is 6.07 Å². The SMILES string of the molecule is CC(C)(NC(=O)c1cc[n+](CCC(=O)O)nc1)C(=O)O.COC(=O)C(F)(F)F. The summed E-state index contributed by atoms with van der Waals surface area (Å²) in [6.07, 6.45) is -2.20. The average Bonchev–Trinajstić information content (AvgIpc) is 2.58. The Labute approximate surface area is 156 Å². The molecule has 1 rings (SSSR count).